The van der Waals surface area contributed by atoms with Crippen molar-refractivity contribution in [2.24, 2.45) is 5.10 Å². The largest absolute Gasteiger partial charge is 0.497 e. The zero-order chi connectivity index (χ0) is 21.1. The van der Waals surface area contributed by atoms with E-state index in [-0.39, 0.29) is 18.0 Å². The van der Waals surface area contributed by atoms with Crippen LogP contribution in [0, 0.1) is 0 Å². The van der Waals surface area contributed by atoms with Gasteiger partial charge in [0.05, 0.1) is 25.4 Å². The first-order valence-electron chi connectivity index (χ1n) is 9.03. The number of hydrogen-bond acceptors (Lipinski definition) is 5. The van der Waals surface area contributed by atoms with Crippen molar-refractivity contribution in [3.05, 3.63) is 65.2 Å². The highest BCUT2D eigenvalue weighted by molar-refractivity contribution is 5.89. The van der Waals surface area contributed by atoms with E-state index in [9.17, 15) is 14.4 Å². The average molecular weight is 397 g/mol. The third-order valence-corrected chi connectivity index (χ3v) is 4.03. The Hall–Kier alpha value is -3.68. The molecule has 0 radical (unpaired) electrons. The molecule has 0 spiro atoms. The van der Waals surface area contributed by atoms with Crippen LogP contribution in [0.2, 0.25) is 0 Å². The molecule has 0 heterocycles. The van der Waals surface area contributed by atoms with Crippen molar-refractivity contribution in [3.8, 4) is 5.75 Å². The highest BCUT2D eigenvalue weighted by Crippen LogP contribution is 2.13. The van der Waals surface area contributed by atoms with E-state index >= 15 is 0 Å². The lowest BCUT2D eigenvalue weighted by Gasteiger charge is -2.05. The number of rotatable bonds is 10. The molecule has 0 fully saturated rings. The van der Waals surface area contributed by atoms with Crippen LogP contribution in [-0.4, -0.2) is 42.8 Å². The van der Waals surface area contributed by atoms with E-state index in [1.807, 2.05) is 24.3 Å². The maximum atomic E-state index is 11.8. The number of amides is 2. The minimum Gasteiger partial charge on any atom is -0.497 e. The van der Waals surface area contributed by atoms with Crippen LogP contribution in [0.1, 0.15) is 34.3 Å². The van der Waals surface area contributed by atoms with Gasteiger partial charge in [-0.3, -0.25) is 9.59 Å². The number of carbonyl (C=O) groups is 3. The fourth-order valence-electron chi connectivity index (χ4n) is 2.44. The summed E-state index contributed by atoms with van der Waals surface area (Å²) in [6.45, 7) is -0.170. The molecule has 0 saturated heterocycles. The van der Waals surface area contributed by atoms with Gasteiger partial charge in [0.15, 0.2) is 0 Å². The highest BCUT2D eigenvalue weighted by atomic mass is 16.5. The number of carboxylic acid groups (broad SMARTS) is 1. The molecule has 2 amide bonds. The second-order valence-electron chi connectivity index (χ2n) is 6.20. The van der Waals surface area contributed by atoms with Crippen molar-refractivity contribution in [1.82, 2.24) is 10.7 Å². The van der Waals surface area contributed by atoms with Crippen LogP contribution < -0.4 is 15.5 Å². The smallest absolute Gasteiger partial charge is 0.335 e. The van der Waals surface area contributed by atoms with E-state index in [2.05, 4.69) is 15.8 Å². The van der Waals surface area contributed by atoms with Crippen molar-refractivity contribution < 1.29 is 24.2 Å². The van der Waals surface area contributed by atoms with Gasteiger partial charge in [-0.05, 0) is 48.2 Å². The summed E-state index contributed by atoms with van der Waals surface area (Å²) in [4.78, 5) is 34.3. The Labute approximate surface area is 168 Å². The second kappa shape index (κ2) is 11.2. The fraction of sp³-hybridized carbons (Fsp3) is 0.238. The van der Waals surface area contributed by atoms with E-state index in [1.54, 1.807) is 19.2 Å². The Balaban J connectivity index is 1.63. The normalized spacial score (nSPS) is 10.5. The number of methoxy groups -OCH3 is 1. The molecule has 0 atom stereocenters. The lowest BCUT2D eigenvalue weighted by atomic mass is 10.1. The Morgan fingerprint density at radius 1 is 1.03 bits per heavy atom. The summed E-state index contributed by atoms with van der Waals surface area (Å²) in [5.74, 6) is -0.882. The van der Waals surface area contributed by atoms with Crippen LogP contribution in [0.15, 0.2) is 53.6 Å². The molecule has 0 saturated carbocycles. The molecule has 0 unspecified atom stereocenters. The Morgan fingerprint density at radius 3 is 2.34 bits per heavy atom. The van der Waals surface area contributed by atoms with E-state index in [1.165, 1.54) is 18.3 Å². The molecule has 3 N–H and O–H groups in total. The summed E-state index contributed by atoms with van der Waals surface area (Å²) in [6.07, 6.45) is 3.14. The first-order valence-corrected chi connectivity index (χ1v) is 9.03. The maximum absolute atomic E-state index is 11.8. The number of nitrogens with zero attached hydrogens (tertiary/aromatic N) is 1. The van der Waals surface area contributed by atoms with Crippen molar-refractivity contribution in [2.45, 2.75) is 19.3 Å². The van der Waals surface area contributed by atoms with E-state index in [0.717, 1.165) is 17.7 Å². The number of carbonyl (C=O) groups excluding carboxylic acids is 2. The Morgan fingerprint density at radius 2 is 1.72 bits per heavy atom. The number of hydrogen-bond donors (Lipinski definition) is 3. The molecule has 152 valence electrons. The monoisotopic (exact) mass is 397 g/mol. The highest BCUT2D eigenvalue weighted by Gasteiger charge is 2.05. The molecule has 0 bridgehead atoms. The molecule has 8 heteroatoms. The maximum Gasteiger partial charge on any atom is 0.335 e. The molecule has 0 aliphatic carbocycles. The van der Waals surface area contributed by atoms with Crippen LogP contribution in [0.25, 0.3) is 0 Å². The molecule has 2 rings (SSSR count). The second-order valence-corrected chi connectivity index (χ2v) is 6.20. The van der Waals surface area contributed by atoms with Gasteiger partial charge in [-0.2, -0.15) is 5.10 Å². The van der Waals surface area contributed by atoms with Crippen LogP contribution in [-0.2, 0) is 16.0 Å². The van der Waals surface area contributed by atoms with Gasteiger partial charge in [0.25, 0.3) is 5.91 Å². The van der Waals surface area contributed by atoms with Gasteiger partial charge in [-0.1, -0.05) is 24.3 Å². The number of ether oxygens (including phenoxy) is 1. The topological polar surface area (TPSA) is 117 Å². The predicted octanol–water partition coefficient (Wildman–Crippen LogP) is 1.98. The van der Waals surface area contributed by atoms with Crippen LogP contribution in [0.3, 0.4) is 0 Å². The Bertz CT molecular complexity index is 861. The lowest BCUT2D eigenvalue weighted by molar-refractivity contribution is -0.126. The van der Waals surface area contributed by atoms with Gasteiger partial charge in [-0.25, -0.2) is 10.2 Å². The lowest BCUT2D eigenvalue weighted by Crippen LogP contribution is -2.34. The number of nitrogens with one attached hydrogen (secondary N) is 2. The first-order chi connectivity index (χ1) is 14.0. The number of carboxylic acids is 1. The van der Waals surface area contributed by atoms with Crippen molar-refractivity contribution in [3.63, 3.8) is 0 Å². The zero-order valence-electron chi connectivity index (χ0n) is 16.1. The van der Waals surface area contributed by atoms with Crippen LogP contribution in [0.4, 0.5) is 0 Å². The van der Waals surface area contributed by atoms with E-state index < -0.39 is 11.9 Å². The molecule has 0 aliphatic heterocycles. The predicted molar refractivity (Wildman–Crippen MR) is 108 cm³/mol. The summed E-state index contributed by atoms with van der Waals surface area (Å²) in [5.41, 5.74) is 4.22. The standard InChI is InChI=1S/C21H23N3O5/c1-29-18-11-7-15(8-12-18)3-2-4-19(25)22-14-20(26)24-23-13-16-5-9-17(10-6-16)21(27)28/h5-13H,2-4,14H2,1H3,(H,22,25)(H,24,26)(H,27,28)/b23-13-. The molecule has 29 heavy (non-hydrogen) atoms. The van der Waals surface area contributed by atoms with Gasteiger partial charge in [0, 0.05) is 6.42 Å². The summed E-state index contributed by atoms with van der Waals surface area (Å²) in [7, 11) is 1.61. The van der Waals surface area contributed by atoms with Gasteiger partial charge in [0.2, 0.25) is 5.91 Å². The third-order valence-electron chi connectivity index (χ3n) is 4.03. The van der Waals surface area contributed by atoms with Gasteiger partial charge in [-0.15, -0.1) is 0 Å². The molecular weight excluding hydrogens is 374 g/mol. The number of benzene rings is 2. The van der Waals surface area contributed by atoms with Crippen molar-refractivity contribution >= 4 is 24.0 Å². The molecule has 2 aromatic carbocycles. The summed E-state index contributed by atoms with van der Waals surface area (Å²) in [5, 5.41) is 15.2. The molecule has 0 aromatic heterocycles. The van der Waals surface area contributed by atoms with Crippen molar-refractivity contribution in [1.29, 1.82) is 0 Å². The fourth-order valence-corrected chi connectivity index (χ4v) is 2.44. The van der Waals surface area contributed by atoms with Crippen molar-refractivity contribution in [2.75, 3.05) is 13.7 Å². The average Bonchev–Trinajstić information content (AvgIpc) is 2.73. The summed E-state index contributed by atoms with van der Waals surface area (Å²) >= 11 is 0. The van der Waals surface area contributed by atoms with E-state index in [0.29, 0.717) is 18.4 Å². The third kappa shape index (κ3) is 7.84. The van der Waals surface area contributed by atoms with Gasteiger partial charge in [0.1, 0.15) is 5.75 Å². The molecule has 2 aromatic rings. The summed E-state index contributed by atoms with van der Waals surface area (Å²) < 4.78 is 5.10. The zero-order valence-corrected chi connectivity index (χ0v) is 16.1. The summed E-state index contributed by atoms with van der Waals surface area (Å²) in [6, 6.07) is 13.7. The van der Waals surface area contributed by atoms with Crippen LogP contribution >= 0.6 is 0 Å². The Kier molecular flexibility index (Phi) is 8.37. The SMILES string of the molecule is COc1ccc(CCCC(=O)NCC(=O)N/N=C\c2ccc(C(=O)O)cc2)cc1. The molecular formula is C21H23N3O5. The first kappa shape index (κ1) is 21.6. The minimum atomic E-state index is -1.01. The molecule has 0 aliphatic rings. The molecule has 8 nitrogen and oxygen atoms in total. The number of aromatic carboxylic acids is 1. The quantitative estimate of drug-likeness (QED) is 0.419. The van der Waals surface area contributed by atoms with Gasteiger partial charge >= 0.3 is 5.97 Å². The van der Waals surface area contributed by atoms with Gasteiger partial charge < -0.3 is 15.2 Å². The van der Waals surface area contributed by atoms with E-state index in [4.69, 9.17) is 9.84 Å². The van der Waals surface area contributed by atoms with Crippen LogP contribution in [0.5, 0.6) is 5.75 Å². The number of hydrazone groups is 1. The number of aryl methyl sites for hydroxylation is 1. The minimum absolute atomic E-state index is 0.167.